The third-order valence-corrected chi connectivity index (χ3v) is 4.05. The van der Waals surface area contributed by atoms with Crippen molar-refractivity contribution < 1.29 is 18.7 Å². The molecular weight excluding hydrogens is 313 g/mol. The van der Waals surface area contributed by atoms with Gasteiger partial charge in [0.2, 0.25) is 5.91 Å². The van der Waals surface area contributed by atoms with Crippen molar-refractivity contribution in [3.05, 3.63) is 30.1 Å². The van der Waals surface area contributed by atoms with E-state index in [0.29, 0.717) is 38.5 Å². The molecule has 0 aromatic heterocycles. The van der Waals surface area contributed by atoms with E-state index in [4.69, 9.17) is 4.74 Å². The van der Waals surface area contributed by atoms with E-state index in [1.807, 2.05) is 14.0 Å². The molecule has 1 atom stereocenters. The molecule has 1 saturated heterocycles. The number of nitrogens with one attached hydrogen (secondary N) is 1. The fourth-order valence-electron chi connectivity index (χ4n) is 2.65. The molecule has 0 radical (unpaired) electrons. The van der Waals surface area contributed by atoms with Crippen LogP contribution >= 0.6 is 0 Å². The highest BCUT2D eigenvalue weighted by molar-refractivity contribution is 5.80. The van der Waals surface area contributed by atoms with Gasteiger partial charge in [-0.25, -0.2) is 4.39 Å². The van der Waals surface area contributed by atoms with Gasteiger partial charge in [-0.05, 0) is 31.3 Å². The molecule has 24 heavy (non-hydrogen) atoms. The van der Waals surface area contributed by atoms with Crippen LogP contribution in [0.15, 0.2) is 24.3 Å². The highest BCUT2D eigenvalue weighted by Gasteiger charge is 2.26. The first kappa shape index (κ1) is 18.2. The fourth-order valence-corrected chi connectivity index (χ4v) is 2.65. The van der Waals surface area contributed by atoms with Gasteiger partial charge < -0.3 is 19.9 Å². The van der Waals surface area contributed by atoms with Crippen LogP contribution in [0.2, 0.25) is 0 Å². The summed E-state index contributed by atoms with van der Waals surface area (Å²) in [6.45, 7) is 4.53. The van der Waals surface area contributed by atoms with E-state index in [0.717, 1.165) is 0 Å². The molecule has 2 rings (SSSR count). The number of halogens is 1. The second-order valence-electron chi connectivity index (χ2n) is 5.91. The molecule has 132 valence electrons. The number of amides is 2. The molecule has 1 aromatic rings. The zero-order valence-corrected chi connectivity index (χ0v) is 14.1. The van der Waals surface area contributed by atoms with E-state index in [1.165, 1.54) is 24.3 Å². The van der Waals surface area contributed by atoms with Crippen LogP contribution in [0.25, 0.3) is 0 Å². The molecule has 1 aliphatic heterocycles. The van der Waals surface area contributed by atoms with Crippen LogP contribution < -0.4 is 10.1 Å². The summed E-state index contributed by atoms with van der Waals surface area (Å²) in [5.41, 5.74) is 0. The largest absolute Gasteiger partial charge is 0.484 e. The molecule has 0 aliphatic carbocycles. The fraction of sp³-hybridized carbons (Fsp3) is 0.529. The monoisotopic (exact) mass is 337 g/mol. The standard InChI is InChI=1S/C17H24FN3O3/c1-13(11-19-2)17(23)21-9-7-20(8-10-21)16(22)12-24-15-5-3-14(18)4-6-15/h3-6,13,19H,7-12H2,1-2H3. The van der Waals surface area contributed by atoms with Crippen LogP contribution in [0.3, 0.4) is 0 Å². The Hall–Kier alpha value is -2.15. The normalized spacial score (nSPS) is 16.0. The van der Waals surface area contributed by atoms with E-state index in [2.05, 4.69) is 5.32 Å². The predicted octanol–water partition coefficient (Wildman–Crippen LogP) is 0.731. The van der Waals surface area contributed by atoms with Crippen molar-refractivity contribution in [2.24, 2.45) is 5.92 Å². The minimum absolute atomic E-state index is 0.0703. The van der Waals surface area contributed by atoms with Gasteiger partial charge in [0, 0.05) is 38.6 Å². The van der Waals surface area contributed by atoms with Crippen molar-refractivity contribution in [3.8, 4) is 5.75 Å². The van der Waals surface area contributed by atoms with Gasteiger partial charge >= 0.3 is 0 Å². The average Bonchev–Trinajstić information content (AvgIpc) is 2.60. The van der Waals surface area contributed by atoms with E-state index < -0.39 is 0 Å². The summed E-state index contributed by atoms with van der Waals surface area (Å²) in [4.78, 5) is 27.9. The Bertz CT molecular complexity index is 557. The molecule has 0 spiro atoms. The Morgan fingerprint density at radius 1 is 1.17 bits per heavy atom. The summed E-state index contributed by atoms with van der Waals surface area (Å²) in [6.07, 6.45) is 0. The molecule has 1 aliphatic rings. The minimum Gasteiger partial charge on any atom is -0.484 e. The van der Waals surface area contributed by atoms with E-state index in [1.54, 1.807) is 9.80 Å². The molecule has 2 amide bonds. The van der Waals surface area contributed by atoms with Gasteiger partial charge in [-0.15, -0.1) is 0 Å². The summed E-state index contributed by atoms with van der Waals surface area (Å²) < 4.78 is 18.2. The van der Waals surface area contributed by atoms with Crippen molar-refractivity contribution in [3.63, 3.8) is 0 Å². The second-order valence-corrected chi connectivity index (χ2v) is 5.91. The summed E-state index contributed by atoms with van der Waals surface area (Å²) in [7, 11) is 1.82. The van der Waals surface area contributed by atoms with E-state index in [-0.39, 0.29) is 30.2 Å². The Labute approximate surface area is 141 Å². The molecule has 1 unspecified atom stereocenters. The maximum absolute atomic E-state index is 12.8. The highest BCUT2D eigenvalue weighted by atomic mass is 19.1. The number of benzene rings is 1. The first-order chi connectivity index (χ1) is 11.5. The number of carbonyl (C=O) groups excluding carboxylic acids is 2. The molecule has 1 heterocycles. The summed E-state index contributed by atoms with van der Waals surface area (Å²) in [5.74, 6) is 0.0224. The number of piperazine rings is 1. The third kappa shape index (κ3) is 4.92. The molecule has 1 fully saturated rings. The lowest BCUT2D eigenvalue weighted by Gasteiger charge is -2.36. The molecule has 0 saturated carbocycles. The van der Waals surface area contributed by atoms with Crippen LogP contribution in [0.1, 0.15) is 6.92 Å². The van der Waals surface area contributed by atoms with Gasteiger partial charge in [0.1, 0.15) is 11.6 Å². The van der Waals surface area contributed by atoms with Crippen LogP contribution in [0.5, 0.6) is 5.75 Å². The summed E-state index contributed by atoms with van der Waals surface area (Å²) in [6, 6.07) is 5.55. The van der Waals surface area contributed by atoms with E-state index >= 15 is 0 Å². The number of ether oxygens (including phenoxy) is 1. The number of hydrogen-bond acceptors (Lipinski definition) is 4. The van der Waals surface area contributed by atoms with Crippen LogP contribution in [0.4, 0.5) is 4.39 Å². The van der Waals surface area contributed by atoms with Gasteiger partial charge in [-0.3, -0.25) is 9.59 Å². The molecule has 1 aromatic carbocycles. The number of hydrogen-bond donors (Lipinski definition) is 1. The quantitative estimate of drug-likeness (QED) is 0.831. The third-order valence-electron chi connectivity index (χ3n) is 4.05. The molecule has 7 heteroatoms. The average molecular weight is 337 g/mol. The predicted molar refractivity (Wildman–Crippen MR) is 88.1 cm³/mol. The van der Waals surface area contributed by atoms with Gasteiger partial charge in [-0.2, -0.15) is 0 Å². The number of rotatable bonds is 6. The highest BCUT2D eigenvalue weighted by Crippen LogP contribution is 2.12. The number of carbonyl (C=O) groups is 2. The van der Waals surface area contributed by atoms with Gasteiger partial charge in [-0.1, -0.05) is 6.92 Å². The topological polar surface area (TPSA) is 61.9 Å². The SMILES string of the molecule is CNCC(C)C(=O)N1CCN(C(=O)COc2ccc(F)cc2)CC1. The Kier molecular flexibility index (Phi) is 6.54. The minimum atomic E-state index is -0.345. The zero-order valence-electron chi connectivity index (χ0n) is 14.1. The van der Waals surface area contributed by atoms with Crippen molar-refractivity contribution in [1.29, 1.82) is 0 Å². The molecule has 6 nitrogen and oxygen atoms in total. The summed E-state index contributed by atoms with van der Waals surface area (Å²) in [5, 5.41) is 3.00. The van der Waals surface area contributed by atoms with Crippen molar-refractivity contribution >= 4 is 11.8 Å². The van der Waals surface area contributed by atoms with Crippen molar-refractivity contribution in [2.75, 3.05) is 46.4 Å². The molecular formula is C17H24FN3O3. The lowest BCUT2D eigenvalue weighted by atomic mass is 10.1. The van der Waals surface area contributed by atoms with Crippen LogP contribution in [-0.4, -0.2) is 68.0 Å². The molecule has 1 N–H and O–H groups in total. The summed E-state index contributed by atoms with van der Waals surface area (Å²) >= 11 is 0. The second kappa shape index (κ2) is 8.63. The maximum atomic E-state index is 12.8. The zero-order chi connectivity index (χ0) is 17.5. The van der Waals surface area contributed by atoms with E-state index in [9.17, 15) is 14.0 Å². The number of nitrogens with zero attached hydrogens (tertiary/aromatic N) is 2. The first-order valence-corrected chi connectivity index (χ1v) is 8.10. The lowest BCUT2D eigenvalue weighted by Crippen LogP contribution is -2.53. The van der Waals surface area contributed by atoms with Crippen LogP contribution in [0, 0.1) is 11.7 Å². The first-order valence-electron chi connectivity index (χ1n) is 8.10. The van der Waals surface area contributed by atoms with Gasteiger partial charge in [0.25, 0.3) is 5.91 Å². The molecule has 0 bridgehead atoms. The van der Waals surface area contributed by atoms with Gasteiger partial charge in [0.05, 0.1) is 0 Å². The Morgan fingerprint density at radius 3 is 2.33 bits per heavy atom. The Morgan fingerprint density at radius 2 is 1.75 bits per heavy atom. The maximum Gasteiger partial charge on any atom is 0.260 e. The lowest BCUT2D eigenvalue weighted by molar-refractivity contribution is -0.142. The Balaban J connectivity index is 1.76. The van der Waals surface area contributed by atoms with Crippen LogP contribution in [-0.2, 0) is 9.59 Å². The van der Waals surface area contributed by atoms with Crippen molar-refractivity contribution in [1.82, 2.24) is 15.1 Å². The van der Waals surface area contributed by atoms with Gasteiger partial charge in [0.15, 0.2) is 6.61 Å². The smallest absolute Gasteiger partial charge is 0.260 e. The van der Waals surface area contributed by atoms with Crippen molar-refractivity contribution in [2.45, 2.75) is 6.92 Å².